The fourth-order valence-electron chi connectivity index (χ4n) is 2.50. The van der Waals surface area contributed by atoms with Gasteiger partial charge in [0.2, 0.25) is 10.0 Å². The van der Waals surface area contributed by atoms with Crippen LogP contribution in [-0.4, -0.2) is 40.5 Å². The van der Waals surface area contributed by atoms with Crippen LogP contribution in [0.4, 0.5) is 0 Å². The number of hydrogen-bond donors (Lipinski definition) is 1. The van der Waals surface area contributed by atoms with Crippen molar-refractivity contribution in [2.24, 2.45) is 0 Å². The number of methoxy groups -OCH3 is 1. The van der Waals surface area contributed by atoms with E-state index in [4.69, 9.17) is 9.47 Å². The van der Waals surface area contributed by atoms with Crippen LogP contribution in [0.25, 0.3) is 0 Å². The van der Waals surface area contributed by atoms with Gasteiger partial charge in [-0.25, -0.2) is 12.7 Å². The Balaban J connectivity index is 1.96. The van der Waals surface area contributed by atoms with Crippen molar-refractivity contribution in [3.8, 4) is 11.5 Å². The molecule has 2 rings (SSSR count). The van der Waals surface area contributed by atoms with Crippen LogP contribution < -0.4 is 14.8 Å². The van der Waals surface area contributed by atoms with Crippen LogP contribution in [0.1, 0.15) is 24.5 Å². The molecule has 0 amide bonds. The predicted molar refractivity (Wildman–Crippen MR) is 107 cm³/mol. The van der Waals surface area contributed by atoms with Crippen molar-refractivity contribution in [3.05, 3.63) is 53.6 Å². The fraction of sp³-hybridized carbons (Fsp3) is 0.400. The standard InChI is InChI=1S/C20H28N2O4S/c1-5-12-26-20-13-17(8-11-19(20)25-4)15-21-14-16-6-9-18(10-7-16)27(23,24)22(2)3/h6-11,13,21H,5,12,14-15H2,1-4H3. The summed E-state index contributed by atoms with van der Waals surface area (Å²) in [5.41, 5.74) is 2.11. The van der Waals surface area contributed by atoms with Gasteiger partial charge in [0, 0.05) is 27.2 Å². The van der Waals surface area contributed by atoms with Gasteiger partial charge in [0.15, 0.2) is 11.5 Å². The van der Waals surface area contributed by atoms with Crippen LogP contribution in [0.3, 0.4) is 0 Å². The van der Waals surface area contributed by atoms with Crippen molar-refractivity contribution in [1.82, 2.24) is 9.62 Å². The average Bonchev–Trinajstić information content (AvgIpc) is 2.66. The highest BCUT2D eigenvalue weighted by atomic mass is 32.2. The first kappa shape index (κ1) is 21.2. The minimum atomic E-state index is -3.39. The van der Waals surface area contributed by atoms with Gasteiger partial charge in [0.25, 0.3) is 0 Å². The minimum absolute atomic E-state index is 0.295. The molecule has 27 heavy (non-hydrogen) atoms. The third kappa shape index (κ3) is 5.69. The Morgan fingerprint density at radius 1 is 0.963 bits per heavy atom. The highest BCUT2D eigenvalue weighted by Crippen LogP contribution is 2.28. The maximum absolute atomic E-state index is 12.1. The van der Waals surface area contributed by atoms with Gasteiger partial charge in [-0.15, -0.1) is 0 Å². The van der Waals surface area contributed by atoms with Crippen molar-refractivity contribution < 1.29 is 17.9 Å². The summed E-state index contributed by atoms with van der Waals surface area (Å²) in [4.78, 5) is 0.295. The molecule has 0 saturated heterocycles. The van der Waals surface area contributed by atoms with E-state index in [-0.39, 0.29) is 0 Å². The van der Waals surface area contributed by atoms with E-state index in [0.717, 1.165) is 29.0 Å². The zero-order chi connectivity index (χ0) is 19.9. The summed E-state index contributed by atoms with van der Waals surface area (Å²) in [6, 6.07) is 12.8. The molecule has 0 aliphatic heterocycles. The Kier molecular flexibility index (Phi) is 7.65. The minimum Gasteiger partial charge on any atom is -0.493 e. The molecule has 2 aromatic carbocycles. The molecule has 0 unspecified atom stereocenters. The summed E-state index contributed by atoms with van der Waals surface area (Å²) >= 11 is 0. The van der Waals surface area contributed by atoms with E-state index in [1.54, 1.807) is 19.2 Å². The number of hydrogen-bond acceptors (Lipinski definition) is 5. The van der Waals surface area contributed by atoms with Crippen molar-refractivity contribution in [2.45, 2.75) is 31.3 Å². The van der Waals surface area contributed by atoms with Crippen molar-refractivity contribution in [1.29, 1.82) is 0 Å². The van der Waals surface area contributed by atoms with Gasteiger partial charge in [-0.05, 0) is 41.8 Å². The van der Waals surface area contributed by atoms with Gasteiger partial charge in [-0.1, -0.05) is 25.1 Å². The lowest BCUT2D eigenvalue weighted by molar-refractivity contribution is 0.294. The second kappa shape index (κ2) is 9.73. The zero-order valence-electron chi connectivity index (χ0n) is 16.4. The van der Waals surface area contributed by atoms with Gasteiger partial charge in [0.05, 0.1) is 18.6 Å². The van der Waals surface area contributed by atoms with Crippen LogP contribution in [0.5, 0.6) is 11.5 Å². The molecule has 0 atom stereocenters. The molecule has 0 spiro atoms. The summed E-state index contributed by atoms with van der Waals surface area (Å²) in [6.45, 7) is 4.02. The van der Waals surface area contributed by atoms with E-state index in [1.807, 2.05) is 30.3 Å². The molecule has 1 N–H and O–H groups in total. The summed E-state index contributed by atoms with van der Waals surface area (Å²) in [5.74, 6) is 1.47. The van der Waals surface area contributed by atoms with Crippen molar-refractivity contribution >= 4 is 10.0 Å². The Morgan fingerprint density at radius 2 is 1.59 bits per heavy atom. The topological polar surface area (TPSA) is 67.9 Å². The molecule has 0 aliphatic carbocycles. The molecule has 0 aromatic heterocycles. The first-order chi connectivity index (χ1) is 12.9. The highest BCUT2D eigenvalue weighted by molar-refractivity contribution is 7.89. The predicted octanol–water partition coefficient (Wildman–Crippen LogP) is 3.02. The fourth-order valence-corrected chi connectivity index (χ4v) is 3.40. The van der Waals surface area contributed by atoms with Crippen molar-refractivity contribution in [3.63, 3.8) is 0 Å². The Bertz CT molecular complexity index is 834. The molecule has 0 heterocycles. The zero-order valence-corrected chi connectivity index (χ0v) is 17.2. The van der Waals surface area contributed by atoms with E-state index in [9.17, 15) is 8.42 Å². The molecule has 0 aliphatic rings. The molecule has 2 aromatic rings. The molecule has 7 heteroatoms. The van der Waals surface area contributed by atoms with Crippen LogP contribution >= 0.6 is 0 Å². The number of rotatable bonds is 10. The molecular formula is C20H28N2O4S. The average molecular weight is 393 g/mol. The largest absolute Gasteiger partial charge is 0.493 e. The summed E-state index contributed by atoms with van der Waals surface area (Å²) in [5, 5.41) is 3.36. The maximum atomic E-state index is 12.1. The summed E-state index contributed by atoms with van der Waals surface area (Å²) < 4.78 is 36.5. The molecule has 6 nitrogen and oxygen atoms in total. The van der Waals surface area contributed by atoms with Crippen LogP contribution in [-0.2, 0) is 23.1 Å². The summed E-state index contributed by atoms with van der Waals surface area (Å²) in [6.07, 6.45) is 0.936. The van der Waals surface area contributed by atoms with Gasteiger partial charge in [0.1, 0.15) is 0 Å². The first-order valence-corrected chi connectivity index (χ1v) is 10.3. The summed E-state index contributed by atoms with van der Waals surface area (Å²) in [7, 11) is 1.29. The van der Waals surface area contributed by atoms with E-state index in [0.29, 0.717) is 24.6 Å². The second-order valence-corrected chi connectivity index (χ2v) is 8.52. The third-order valence-corrected chi connectivity index (χ3v) is 5.88. The van der Waals surface area contributed by atoms with E-state index in [2.05, 4.69) is 12.2 Å². The van der Waals surface area contributed by atoms with E-state index < -0.39 is 10.0 Å². The lowest BCUT2D eigenvalue weighted by Crippen LogP contribution is -2.22. The normalized spacial score (nSPS) is 11.6. The monoisotopic (exact) mass is 392 g/mol. The molecule has 0 radical (unpaired) electrons. The third-order valence-electron chi connectivity index (χ3n) is 4.05. The van der Waals surface area contributed by atoms with Gasteiger partial charge >= 0.3 is 0 Å². The molecular weight excluding hydrogens is 364 g/mol. The van der Waals surface area contributed by atoms with Gasteiger partial charge in [-0.2, -0.15) is 0 Å². The number of ether oxygens (including phenoxy) is 2. The highest BCUT2D eigenvalue weighted by Gasteiger charge is 2.16. The van der Waals surface area contributed by atoms with Crippen LogP contribution in [0, 0.1) is 0 Å². The van der Waals surface area contributed by atoms with Gasteiger partial charge in [-0.3, -0.25) is 0 Å². The van der Waals surface area contributed by atoms with E-state index in [1.165, 1.54) is 18.4 Å². The Morgan fingerprint density at radius 3 is 2.19 bits per heavy atom. The lowest BCUT2D eigenvalue weighted by atomic mass is 10.2. The number of nitrogens with one attached hydrogen (secondary N) is 1. The quantitative estimate of drug-likeness (QED) is 0.673. The number of benzene rings is 2. The number of nitrogens with zero attached hydrogens (tertiary/aromatic N) is 1. The molecule has 148 valence electrons. The second-order valence-electron chi connectivity index (χ2n) is 6.37. The van der Waals surface area contributed by atoms with Crippen molar-refractivity contribution in [2.75, 3.05) is 27.8 Å². The Hall–Kier alpha value is -2.09. The maximum Gasteiger partial charge on any atom is 0.242 e. The lowest BCUT2D eigenvalue weighted by Gasteiger charge is -2.13. The van der Waals surface area contributed by atoms with Gasteiger partial charge < -0.3 is 14.8 Å². The molecule has 0 saturated carbocycles. The number of sulfonamides is 1. The molecule has 0 bridgehead atoms. The van der Waals surface area contributed by atoms with Crippen LogP contribution in [0.15, 0.2) is 47.4 Å². The Labute approximate surface area is 162 Å². The molecule has 0 fully saturated rings. The smallest absolute Gasteiger partial charge is 0.242 e. The SMILES string of the molecule is CCCOc1cc(CNCc2ccc(S(=O)(=O)N(C)C)cc2)ccc1OC. The van der Waals surface area contributed by atoms with Crippen LogP contribution in [0.2, 0.25) is 0 Å². The first-order valence-electron chi connectivity index (χ1n) is 8.90. The van der Waals surface area contributed by atoms with E-state index >= 15 is 0 Å².